The van der Waals surface area contributed by atoms with Crippen LogP contribution < -0.4 is 0 Å². The van der Waals surface area contributed by atoms with Crippen LogP contribution in [0.25, 0.3) is 0 Å². The Morgan fingerprint density at radius 3 is 0.438 bits per heavy atom. The Hall–Kier alpha value is -4.34. The molecular weight excluding hydrogens is 1220 g/mol. The fraction of sp³-hybridized carbons (Fsp3) is 0.617. The van der Waals surface area contributed by atoms with Gasteiger partial charge in [-0.15, -0.1) is 0 Å². The second kappa shape index (κ2) is 19.2. The van der Waals surface area contributed by atoms with Crippen LogP contribution in [0.5, 0.6) is 0 Å². The van der Waals surface area contributed by atoms with Crippen LogP contribution in [0.15, 0.2) is 72.8 Å². The van der Waals surface area contributed by atoms with Crippen molar-refractivity contribution in [3.63, 3.8) is 0 Å². The molecule has 508 valence electrons. The van der Waals surface area contributed by atoms with E-state index in [1.807, 2.05) is 0 Å². The zero-order chi connectivity index (χ0) is 69.2. The van der Waals surface area contributed by atoms with E-state index < -0.39 is 33.6 Å². The van der Waals surface area contributed by atoms with Crippen LogP contribution in [0.4, 0.5) is 0 Å². The number of rotatable bonds is 6. The van der Waals surface area contributed by atoms with Crippen LogP contribution >= 0.6 is 0 Å². The molecule has 2 heteroatoms. The van der Waals surface area contributed by atoms with Crippen molar-refractivity contribution in [1.82, 2.24) is 0 Å². The van der Waals surface area contributed by atoms with Crippen molar-refractivity contribution in [3.05, 3.63) is 206 Å². The van der Waals surface area contributed by atoms with Gasteiger partial charge in [0.15, 0.2) is 0 Å². The van der Waals surface area contributed by atoms with E-state index in [4.69, 9.17) is 0 Å². The Balaban J connectivity index is 1.21. The monoisotopic (exact) mass is 1340 g/mol. The molecule has 6 aromatic rings. The summed E-state index contributed by atoms with van der Waals surface area (Å²) in [5.74, 6) is 0. The van der Waals surface area contributed by atoms with Crippen molar-refractivity contribution in [1.29, 1.82) is 0 Å². The maximum atomic E-state index is 21.4. The van der Waals surface area contributed by atoms with Crippen molar-refractivity contribution in [2.24, 2.45) is 0 Å². The predicted octanol–water partition coefficient (Wildman–Crippen LogP) is 24.2. The zero-order valence-corrected chi connectivity index (χ0v) is 67.2. The second-order valence-electron chi connectivity index (χ2n) is 42.4. The minimum absolute atomic E-state index is 0.0347. The number of benzene rings is 6. The molecular formula is C94H122GeO. The van der Waals surface area contributed by atoms with Crippen molar-refractivity contribution in [3.8, 4) is 0 Å². The summed E-state index contributed by atoms with van der Waals surface area (Å²) < 4.78 is 19.4. The molecule has 18 rings (SSSR count). The second-order valence-corrected chi connectivity index (χ2v) is 46.9. The van der Waals surface area contributed by atoms with Gasteiger partial charge in [-0.25, -0.2) is 0 Å². The third-order valence-corrected chi connectivity index (χ3v) is 37.3. The molecule has 12 aliphatic carbocycles. The fourth-order valence-electron chi connectivity index (χ4n) is 24.0. The van der Waals surface area contributed by atoms with Crippen molar-refractivity contribution >= 4 is 14.3 Å². The van der Waals surface area contributed by atoms with E-state index in [1.165, 1.54) is 134 Å². The third-order valence-electron chi connectivity index (χ3n) is 31.1. The van der Waals surface area contributed by atoms with Gasteiger partial charge in [0.2, 0.25) is 0 Å². The van der Waals surface area contributed by atoms with E-state index in [1.54, 1.807) is 0 Å². The van der Waals surface area contributed by atoms with E-state index in [-0.39, 0.29) is 65.0 Å². The van der Waals surface area contributed by atoms with Gasteiger partial charge in [0, 0.05) is 0 Å². The molecule has 4 bridgehead atoms. The molecule has 0 N–H and O–H groups in total. The molecule has 0 radical (unpaired) electrons. The SMILES string of the molecule is CCCC12c3cc4c(cc3[C]([Ge](=[O])[C]35c6cc7c(cc6C(CCC)(c6cc8c(cc63)C(C)(C)CCC8(C)C)c3cc6c(cc35)C(C)(C)CCC6(C)C)C(C)(C)CCC7(C)C)(c3cc5c(cc31)C(C)(C)CCC5(C)C)c1cc3c(cc12)C(C)(C)CCC3(C)C)C(C)(C)CCC4(C)C. The first kappa shape index (κ1) is 66.2. The standard InChI is InChI=1S/C94H122GeO/c1-27-29-91-67-43-55-61(85(15,16)37-31-79(55,3)4)49-73(67)93(74-50-62-56(44-68(74)91)80(5,6)32-38-86(62,17)18,75-51-63-57(45-69(75)91)81(7,8)33-39-87(63,19)20)95(96)94-76-52-64-58(82(9,10)34-40-88(64,21)22)46-70(76)92(30-28-2,71-47-59-65(53-77(71)94)89(23,24)41-35-83(59,11)12)72-48-60-66(54-78(72)94)90(25,26)42-36-84(60,13)14/h43-54H,27-42H2,1-26H3. The molecule has 1 nitrogen and oxygen atoms in total. The van der Waals surface area contributed by atoms with E-state index in [0.717, 1.165) is 103 Å². The van der Waals surface area contributed by atoms with Crippen LogP contribution in [-0.4, -0.2) is 14.3 Å². The summed E-state index contributed by atoms with van der Waals surface area (Å²) in [6, 6.07) is 34.3. The van der Waals surface area contributed by atoms with Gasteiger partial charge in [0.25, 0.3) is 0 Å². The molecule has 6 aromatic carbocycles. The van der Waals surface area contributed by atoms with Gasteiger partial charge in [-0.1, -0.05) is 0 Å². The molecule has 0 heterocycles. The van der Waals surface area contributed by atoms with Crippen molar-refractivity contribution in [2.45, 2.75) is 367 Å². The van der Waals surface area contributed by atoms with Crippen LogP contribution in [0.3, 0.4) is 0 Å². The first-order valence-electron chi connectivity index (χ1n) is 39.0. The average molecular weight is 1340 g/mol. The minimum atomic E-state index is -4.57. The number of hydrogen-bond donors (Lipinski definition) is 0. The van der Waals surface area contributed by atoms with Crippen molar-refractivity contribution in [2.75, 3.05) is 0 Å². The van der Waals surface area contributed by atoms with E-state index in [2.05, 4.69) is 253 Å². The van der Waals surface area contributed by atoms with Crippen LogP contribution in [0.1, 0.15) is 416 Å². The molecule has 0 fully saturated rings. The first-order valence-corrected chi connectivity index (χ1v) is 42.0. The Morgan fingerprint density at radius 1 is 0.208 bits per heavy atom. The first-order chi connectivity index (χ1) is 44.2. The molecule has 0 atom stereocenters. The maximum absolute atomic E-state index is 21.4. The fourth-order valence-corrected chi connectivity index (χ4v) is 30.8. The summed E-state index contributed by atoms with van der Waals surface area (Å²) in [6.45, 7) is 66.7. The van der Waals surface area contributed by atoms with Gasteiger partial charge in [0.05, 0.1) is 0 Å². The Morgan fingerprint density at radius 2 is 0.323 bits per heavy atom. The van der Waals surface area contributed by atoms with Gasteiger partial charge in [-0.05, 0) is 0 Å². The number of hydrogen-bond acceptors (Lipinski definition) is 1. The average Bonchev–Trinajstić information content (AvgIpc) is 0.629. The summed E-state index contributed by atoms with van der Waals surface area (Å²) in [5.41, 5.74) is 34.1. The summed E-state index contributed by atoms with van der Waals surface area (Å²) in [4.78, 5) is 0. The predicted molar refractivity (Wildman–Crippen MR) is 406 cm³/mol. The van der Waals surface area contributed by atoms with Gasteiger partial charge >= 0.3 is 591 Å². The molecule has 0 aliphatic heterocycles. The summed E-state index contributed by atoms with van der Waals surface area (Å²) in [5, 5.41) is 0. The van der Waals surface area contributed by atoms with Crippen LogP contribution in [-0.2, 0) is 88.1 Å². The van der Waals surface area contributed by atoms with Gasteiger partial charge in [-0.2, -0.15) is 0 Å². The summed E-state index contributed by atoms with van der Waals surface area (Å²) in [7, 11) is 0. The quantitative estimate of drug-likeness (QED) is 0.152. The topological polar surface area (TPSA) is 17.1 Å². The number of fused-ring (bicyclic) bond motifs is 6. The molecule has 0 saturated heterocycles. The molecule has 0 saturated carbocycles. The van der Waals surface area contributed by atoms with Crippen LogP contribution in [0.2, 0.25) is 0 Å². The van der Waals surface area contributed by atoms with E-state index >= 15 is 3.78 Å². The van der Waals surface area contributed by atoms with Gasteiger partial charge < -0.3 is 0 Å². The third kappa shape index (κ3) is 7.96. The summed E-state index contributed by atoms with van der Waals surface area (Å²) >= 11 is -4.57. The summed E-state index contributed by atoms with van der Waals surface area (Å²) in [6.07, 6.45) is 17.8. The molecule has 0 spiro atoms. The Kier molecular flexibility index (Phi) is 13.3. The zero-order valence-electron chi connectivity index (χ0n) is 65.2. The van der Waals surface area contributed by atoms with Gasteiger partial charge in [-0.3, -0.25) is 0 Å². The van der Waals surface area contributed by atoms with Gasteiger partial charge in [0.1, 0.15) is 0 Å². The van der Waals surface area contributed by atoms with Crippen molar-refractivity contribution < 1.29 is 3.78 Å². The molecule has 0 aromatic heterocycles. The van der Waals surface area contributed by atoms with E-state index in [9.17, 15) is 0 Å². The van der Waals surface area contributed by atoms with E-state index in [0.29, 0.717) is 0 Å². The normalized spacial score (nSPS) is 30.0. The van der Waals surface area contributed by atoms with Crippen LogP contribution in [0, 0.1) is 0 Å². The molecule has 0 unspecified atom stereocenters. The Bertz CT molecular complexity index is 3770. The Labute approximate surface area is 587 Å². The molecule has 12 aliphatic rings. The molecule has 96 heavy (non-hydrogen) atoms. The molecule has 0 amide bonds.